The van der Waals surface area contributed by atoms with Crippen molar-refractivity contribution in [1.82, 2.24) is 19.4 Å². The van der Waals surface area contributed by atoms with Crippen molar-refractivity contribution in [2.45, 2.75) is 44.7 Å². The first-order chi connectivity index (χ1) is 11.9. The maximum atomic E-state index is 12.8. The Morgan fingerprint density at radius 3 is 2.50 bits per heavy atom. The molecule has 0 radical (unpaired) electrons. The normalized spacial score (nSPS) is 12.2. The first kappa shape index (κ1) is 20.1. The summed E-state index contributed by atoms with van der Waals surface area (Å²) in [6.45, 7) is 7.49. The molecule has 0 spiro atoms. The molecule has 0 fully saturated rings. The number of carbonyl (C=O) groups excluding carboxylic acids is 1. The molecule has 142 valence electrons. The Labute approximate surface area is 155 Å². The summed E-state index contributed by atoms with van der Waals surface area (Å²) in [5.41, 5.74) is 1.39. The third kappa shape index (κ3) is 4.92. The van der Waals surface area contributed by atoms with Crippen LogP contribution >= 0.6 is 0 Å². The molecule has 1 amide bonds. The molecule has 7 nitrogen and oxygen atoms in total. The van der Waals surface area contributed by atoms with E-state index in [0.717, 1.165) is 11.1 Å². The van der Waals surface area contributed by atoms with Gasteiger partial charge in [-0.15, -0.1) is 0 Å². The van der Waals surface area contributed by atoms with Gasteiger partial charge in [0.15, 0.2) is 0 Å². The summed E-state index contributed by atoms with van der Waals surface area (Å²) in [6, 6.07) is 4.61. The fraction of sp³-hybridized carbons (Fsp3) is 0.444. The Morgan fingerprint density at radius 2 is 1.96 bits per heavy atom. The maximum Gasteiger partial charge on any atom is 0.254 e. The number of hydrogen-bond acceptors (Lipinski definition) is 4. The van der Waals surface area contributed by atoms with Crippen LogP contribution in [0.2, 0.25) is 0 Å². The highest BCUT2D eigenvalue weighted by molar-refractivity contribution is 7.89. The van der Waals surface area contributed by atoms with Crippen molar-refractivity contribution >= 4 is 15.9 Å². The summed E-state index contributed by atoms with van der Waals surface area (Å²) in [7, 11) is -0.211. The van der Waals surface area contributed by atoms with E-state index in [2.05, 4.69) is 9.82 Å². The van der Waals surface area contributed by atoms with E-state index in [1.54, 1.807) is 56.6 Å². The van der Waals surface area contributed by atoms with Crippen molar-refractivity contribution in [3.63, 3.8) is 0 Å². The van der Waals surface area contributed by atoms with Crippen LogP contribution in [-0.2, 0) is 23.6 Å². The molecule has 1 aromatic heterocycles. The number of amides is 1. The molecule has 1 N–H and O–H groups in total. The Bertz CT molecular complexity index is 911. The minimum atomic E-state index is -3.71. The zero-order valence-electron chi connectivity index (χ0n) is 16.1. The van der Waals surface area contributed by atoms with Crippen LogP contribution in [0.5, 0.6) is 0 Å². The van der Waals surface area contributed by atoms with Gasteiger partial charge in [0.1, 0.15) is 0 Å². The number of hydrogen-bond donors (Lipinski definition) is 1. The monoisotopic (exact) mass is 378 g/mol. The van der Waals surface area contributed by atoms with E-state index < -0.39 is 15.6 Å². The fourth-order valence-electron chi connectivity index (χ4n) is 2.57. The number of rotatable bonds is 5. The van der Waals surface area contributed by atoms with Gasteiger partial charge in [-0.1, -0.05) is 6.07 Å². The Kier molecular flexibility index (Phi) is 5.58. The van der Waals surface area contributed by atoms with Crippen molar-refractivity contribution in [2.24, 2.45) is 7.05 Å². The van der Waals surface area contributed by atoms with Gasteiger partial charge >= 0.3 is 0 Å². The van der Waals surface area contributed by atoms with Crippen LogP contribution < -0.4 is 4.72 Å². The number of aryl methyl sites for hydroxylation is 2. The van der Waals surface area contributed by atoms with Crippen molar-refractivity contribution in [3.8, 4) is 0 Å². The second kappa shape index (κ2) is 7.20. The van der Waals surface area contributed by atoms with Gasteiger partial charge in [-0.2, -0.15) is 5.10 Å². The van der Waals surface area contributed by atoms with E-state index in [1.807, 2.05) is 13.2 Å². The number of nitrogens with zero attached hydrogens (tertiary/aromatic N) is 3. The van der Waals surface area contributed by atoms with Crippen molar-refractivity contribution < 1.29 is 13.2 Å². The van der Waals surface area contributed by atoms with Crippen LogP contribution in [0.4, 0.5) is 0 Å². The smallest absolute Gasteiger partial charge is 0.254 e. The molecule has 0 bridgehead atoms. The molecular formula is C18H26N4O3S. The highest BCUT2D eigenvalue weighted by Crippen LogP contribution is 2.19. The van der Waals surface area contributed by atoms with E-state index in [-0.39, 0.29) is 10.8 Å². The standard InChI is InChI=1S/C18H26N4O3S/c1-13-7-8-15(26(24,25)20-18(2,3)4)9-16(13)17(23)21(5)11-14-10-19-22(6)12-14/h7-10,12,20H,11H2,1-6H3. The summed E-state index contributed by atoms with van der Waals surface area (Å²) < 4.78 is 29.4. The SMILES string of the molecule is Cc1ccc(S(=O)(=O)NC(C)(C)C)cc1C(=O)N(C)Cc1cnn(C)c1. The van der Waals surface area contributed by atoms with E-state index >= 15 is 0 Å². The highest BCUT2D eigenvalue weighted by atomic mass is 32.2. The highest BCUT2D eigenvalue weighted by Gasteiger charge is 2.24. The molecule has 2 aromatic rings. The van der Waals surface area contributed by atoms with Crippen molar-refractivity contribution in [1.29, 1.82) is 0 Å². The van der Waals surface area contributed by atoms with Crippen LogP contribution in [-0.4, -0.2) is 41.6 Å². The number of sulfonamides is 1. The lowest BCUT2D eigenvalue weighted by Gasteiger charge is -2.21. The topological polar surface area (TPSA) is 84.3 Å². The molecule has 0 saturated carbocycles. The average molecular weight is 378 g/mol. The predicted octanol–water partition coefficient (Wildman–Crippen LogP) is 2.08. The first-order valence-corrected chi connectivity index (χ1v) is 9.75. The van der Waals surface area contributed by atoms with E-state index in [1.165, 1.54) is 12.1 Å². The third-order valence-corrected chi connectivity index (χ3v) is 5.47. The summed E-state index contributed by atoms with van der Waals surface area (Å²) in [6.07, 6.45) is 3.54. The summed E-state index contributed by atoms with van der Waals surface area (Å²) in [5.74, 6) is -0.237. The molecule has 0 unspecified atom stereocenters. The molecule has 0 atom stereocenters. The molecule has 8 heteroatoms. The van der Waals surface area contributed by atoms with Gasteiger partial charge in [-0.3, -0.25) is 9.48 Å². The third-order valence-electron chi connectivity index (χ3n) is 3.72. The molecule has 0 saturated heterocycles. The maximum absolute atomic E-state index is 12.8. The van der Waals surface area contributed by atoms with Gasteiger partial charge in [0, 0.05) is 43.5 Å². The molecule has 0 aliphatic rings. The first-order valence-electron chi connectivity index (χ1n) is 8.27. The van der Waals surface area contributed by atoms with Crippen LogP contribution in [0.1, 0.15) is 42.3 Å². The summed E-state index contributed by atoms with van der Waals surface area (Å²) in [4.78, 5) is 14.5. The van der Waals surface area contributed by atoms with Gasteiger partial charge in [0.05, 0.1) is 11.1 Å². The van der Waals surface area contributed by atoms with Gasteiger partial charge in [-0.25, -0.2) is 13.1 Å². The lowest BCUT2D eigenvalue weighted by Crippen LogP contribution is -2.40. The quantitative estimate of drug-likeness (QED) is 0.863. The fourth-order valence-corrected chi connectivity index (χ4v) is 4.01. The molecule has 0 aliphatic heterocycles. The number of benzene rings is 1. The lowest BCUT2D eigenvalue weighted by atomic mass is 10.1. The average Bonchev–Trinajstić information content (AvgIpc) is 2.89. The minimum Gasteiger partial charge on any atom is -0.337 e. The lowest BCUT2D eigenvalue weighted by molar-refractivity contribution is 0.0784. The zero-order valence-corrected chi connectivity index (χ0v) is 16.9. The molecule has 2 rings (SSSR count). The van der Waals surface area contributed by atoms with Gasteiger partial charge in [-0.05, 0) is 45.4 Å². The van der Waals surface area contributed by atoms with Crippen LogP contribution in [0.3, 0.4) is 0 Å². The van der Waals surface area contributed by atoms with E-state index in [4.69, 9.17) is 0 Å². The molecule has 26 heavy (non-hydrogen) atoms. The van der Waals surface area contributed by atoms with Crippen LogP contribution in [0, 0.1) is 6.92 Å². The van der Waals surface area contributed by atoms with Crippen LogP contribution in [0.15, 0.2) is 35.5 Å². The number of nitrogens with one attached hydrogen (secondary N) is 1. The van der Waals surface area contributed by atoms with Crippen molar-refractivity contribution in [2.75, 3.05) is 7.05 Å². The Hall–Kier alpha value is -2.19. The number of aromatic nitrogens is 2. The van der Waals surface area contributed by atoms with Crippen LogP contribution in [0.25, 0.3) is 0 Å². The van der Waals surface area contributed by atoms with Gasteiger partial charge in [0.25, 0.3) is 5.91 Å². The predicted molar refractivity (Wildman–Crippen MR) is 100 cm³/mol. The largest absolute Gasteiger partial charge is 0.337 e. The van der Waals surface area contributed by atoms with Gasteiger partial charge < -0.3 is 4.90 Å². The minimum absolute atomic E-state index is 0.0798. The number of carbonyl (C=O) groups is 1. The molecule has 0 aliphatic carbocycles. The second-order valence-electron chi connectivity index (χ2n) is 7.52. The summed E-state index contributed by atoms with van der Waals surface area (Å²) in [5, 5.41) is 4.09. The van der Waals surface area contributed by atoms with E-state index in [0.29, 0.717) is 12.1 Å². The molecule has 1 aromatic carbocycles. The zero-order chi connectivity index (χ0) is 19.7. The Morgan fingerprint density at radius 1 is 1.31 bits per heavy atom. The van der Waals surface area contributed by atoms with Gasteiger partial charge in [0.2, 0.25) is 10.0 Å². The second-order valence-corrected chi connectivity index (χ2v) is 9.20. The summed E-state index contributed by atoms with van der Waals surface area (Å²) >= 11 is 0. The van der Waals surface area contributed by atoms with Crippen molar-refractivity contribution in [3.05, 3.63) is 47.3 Å². The molecular weight excluding hydrogens is 352 g/mol. The van der Waals surface area contributed by atoms with E-state index in [9.17, 15) is 13.2 Å². The molecule has 1 heterocycles. The Balaban J connectivity index is 2.30.